The van der Waals surface area contributed by atoms with Gasteiger partial charge in [-0.15, -0.1) is 12.4 Å². The van der Waals surface area contributed by atoms with Crippen molar-refractivity contribution in [3.8, 4) is 0 Å². The van der Waals surface area contributed by atoms with Crippen LogP contribution in [0.5, 0.6) is 0 Å². The molecule has 0 aliphatic rings. The zero-order chi connectivity index (χ0) is 17.6. The molecule has 0 saturated carbocycles. The third-order valence-corrected chi connectivity index (χ3v) is 4.71. The van der Waals surface area contributed by atoms with Crippen LogP contribution >= 0.6 is 12.4 Å². The first-order valence-electron chi connectivity index (χ1n) is 8.68. The van der Waals surface area contributed by atoms with Gasteiger partial charge in [-0.1, -0.05) is 51.1 Å². The number of carbonyl (C=O) groups is 1. The molecule has 0 spiro atoms. The summed E-state index contributed by atoms with van der Waals surface area (Å²) >= 11 is 0. The molecule has 0 aliphatic heterocycles. The molecule has 0 bridgehead atoms. The van der Waals surface area contributed by atoms with Gasteiger partial charge in [0, 0.05) is 12.1 Å². The number of nitrogens with zero attached hydrogens (tertiary/aromatic N) is 2. The highest BCUT2D eigenvalue weighted by atomic mass is 35.5. The van der Waals surface area contributed by atoms with E-state index in [1.165, 1.54) is 5.56 Å². The molecular formula is C19H29ClN4O. The van der Waals surface area contributed by atoms with Gasteiger partial charge in [0.05, 0.1) is 24.0 Å². The zero-order valence-electron chi connectivity index (χ0n) is 15.3. The molecule has 0 atom stereocenters. The van der Waals surface area contributed by atoms with Gasteiger partial charge in [-0.25, -0.2) is 0 Å². The number of hydrogen-bond donors (Lipinski definition) is 2. The minimum Gasteiger partial charge on any atom is -0.350 e. The van der Waals surface area contributed by atoms with Crippen LogP contribution in [0.25, 0.3) is 0 Å². The monoisotopic (exact) mass is 364 g/mol. The van der Waals surface area contributed by atoms with E-state index in [4.69, 9.17) is 5.73 Å². The summed E-state index contributed by atoms with van der Waals surface area (Å²) in [4.78, 5) is 12.5. The second-order valence-corrected chi connectivity index (χ2v) is 6.25. The van der Waals surface area contributed by atoms with Gasteiger partial charge in [-0.3, -0.25) is 9.48 Å². The highest BCUT2D eigenvalue weighted by molar-refractivity contribution is 5.95. The molecule has 1 heterocycles. The number of nitrogens with two attached hydrogens (primary N) is 1. The van der Waals surface area contributed by atoms with Gasteiger partial charge in [0.25, 0.3) is 5.91 Å². The van der Waals surface area contributed by atoms with Gasteiger partial charge in [-0.2, -0.15) is 5.10 Å². The van der Waals surface area contributed by atoms with E-state index in [0.29, 0.717) is 18.7 Å². The lowest BCUT2D eigenvalue weighted by Gasteiger charge is -2.26. The predicted molar refractivity (Wildman–Crippen MR) is 104 cm³/mol. The van der Waals surface area contributed by atoms with Crippen LogP contribution in [0.2, 0.25) is 0 Å². The summed E-state index contributed by atoms with van der Waals surface area (Å²) in [6.45, 7) is 7.28. The molecule has 6 heteroatoms. The molecule has 0 saturated heterocycles. The molecule has 1 amide bonds. The molecule has 0 radical (unpaired) electrons. The van der Waals surface area contributed by atoms with E-state index in [9.17, 15) is 4.79 Å². The fraction of sp³-hybridized carbons (Fsp3) is 0.474. The average Bonchev–Trinajstić information content (AvgIpc) is 3.02. The summed E-state index contributed by atoms with van der Waals surface area (Å²) in [6, 6.07) is 10.1. The van der Waals surface area contributed by atoms with E-state index in [0.717, 1.165) is 25.0 Å². The van der Waals surface area contributed by atoms with Crippen molar-refractivity contribution >= 4 is 18.3 Å². The van der Waals surface area contributed by atoms with Crippen LogP contribution in [0.1, 0.15) is 55.2 Å². The lowest BCUT2D eigenvalue weighted by molar-refractivity contribution is 0.0941. The summed E-state index contributed by atoms with van der Waals surface area (Å²) < 4.78 is 1.90. The van der Waals surface area contributed by atoms with Crippen molar-refractivity contribution in [2.24, 2.45) is 5.73 Å². The van der Waals surface area contributed by atoms with Gasteiger partial charge in [0.15, 0.2) is 0 Å². The highest BCUT2D eigenvalue weighted by Crippen LogP contribution is 2.14. The van der Waals surface area contributed by atoms with Gasteiger partial charge < -0.3 is 11.1 Å². The predicted octanol–water partition coefficient (Wildman–Crippen LogP) is 3.16. The maximum atomic E-state index is 12.5. The number of hydrogen-bond acceptors (Lipinski definition) is 3. The smallest absolute Gasteiger partial charge is 0.254 e. The topological polar surface area (TPSA) is 72.9 Å². The highest BCUT2D eigenvalue weighted by Gasteiger charge is 2.23. The molecule has 25 heavy (non-hydrogen) atoms. The molecule has 3 N–H and O–H groups in total. The van der Waals surface area contributed by atoms with Crippen LogP contribution in [-0.4, -0.2) is 27.8 Å². The second-order valence-electron chi connectivity index (χ2n) is 6.25. The minimum atomic E-state index is -0.345. The fourth-order valence-electron chi connectivity index (χ4n) is 2.72. The fourth-order valence-corrected chi connectivity index (χ4v) is 2.72. The van der Waals surface area contributed by atoms with Crippen molar-refractivity contribution in [3.63, 3.8) is 0 Å². The Labute approximate surface area is 156 Å². The van der Waals surface area contributed by atoms with Gasteiger partial charge in [0.1, 0.15) is 0 Å². The normalized spacial score (nSPS) is 11.0. The minimum absolute atomic E-state index is 0. The van der Waals surface area contributed by atoms with Crippen molar-refractivity contribution in [2.45, 2.75) is 52.1 Å². The number of rotatable bonds is 8. The Kier molecular flexibility index (Phi) is 8.13. The van der Waals surface area contributed by atoms with Crippen LogP contribution in [0.4, 0.5) is 0 Å². The Morgan fingerprint density at radius 3 is 2.40 bits per heavy atom. The van der Waals surface area contributed by atoms with Crippen molar-refractivity contribution in [2.75, 3.05) is 6.54 Å². The molecule has 0 unspecified atom stereocenters. The largest absolute Gasteiger partial charge is 0.350 e. The van der Waals surface area contributed by atoms with E-state index in [-0.39, 0.29) is 23.9 Å². The lowest BCUT2D eigenvalue weighted by atomic mass is 9.94. The first kappa shape index (κ1) is 21.2. The first-order valence-corrected chi connectivity index (χ1v) is 8.68. The third kappa shape index (κ3) is 5.31. The van der Waals surface area contributed by atoms with Gasteiger partial charge in [-0.05, 0) is 24.8 Å². The molecule has 2 rings (SSSR count). The van der Waals surface area contributed by atoms with Crippen molar-refractivity contribution in [3.05, 3.63) is 53.3 Å². The van der Waals surface area contributed by atoms with E-state index in [1.54, 1.807) is 6.20 Å². The van der Waals surface area contributed by atoms with Crippen LogP contribution in [0.15, 0.2) is 36.5 Å². The number of halogens is 1. The number of nitrogens with one attached hydrogen (secondary N) is 1. The maximum absolute atomic E-state index is 12.5. The van der Waals surface area contributed by atoms with Crippen LogP contribution < -0.4 is 11.1 Å². The maximum Gasteiger partial charge on any atom is 0.254 e. The van der Waals surface area contributed by atoms with Crippen molar-refractivity contribution in [1.82, 2.24) is 15.1 Å². The Bertz CT molecular complexity index is 665. The van der Waals surface area contributed by atoms with Gasteiger partial charge >= 0.3 is 0 Å². The lowest BCUT2D eigenvalue weighted by Crippen LogP contribution is -2.49. The zero-order valence-corrected chi connectivity index (χ0v) is 16.1. The molecule has 2 aromatic rings. The van der Waals surface area contributed by atoms with Crippen molar-refractivity contribution < 1.29 is 4.79 Å². The Morgan fingerprint density at radius 2 is 1.84 bits per heavy atom. The van der Waals surface area contributed by atoms with E-state index in [1.807, 2.05) is 43.7 Å². The summed E-state index contributed by atoms with van der Waals surface area (Å²) in [5, 5.41) is 7.39. The molecule has 1 aromatic heterocycles. The third-order valence-electron chi connectivity index (χ3n) is 4.71. The van der Waals surface area contributed by atoms with E-state index in [2.05, 4.69) is 22.5 Å². The molecule has 5 nitrogen and oxygen atoms in total. The van der Waals surface area contributed by atoms with Gasteiger partial charge in [0.2, 0.25) is 0 Å². The summed E-state index contributed by atoms with van der Waals surface area (Å²) in [7, 11) is 0. The van der Waals surface area contributed by atoms with E-state index < -0.39 is 0 Å². The van der Waals surface area contributed by atoms with E-state index >= 15 is 0 Å². The van der Waals surface area contributed by atoms with Crippen LogP contribution in [0.3, 0.4) is 0 Å². The molecule has 0 aliphatic carbocycles. The van der Waals surface area contributed by atoms with Crippen molar-refractivity contribution in [1.29, 1.82) is 0 Å². The van der Waals surface area contributed by atoms with Crippen LogP contribution in [-0.2, 0) is 13.0 Å². The molecular weight excluding hydrogens is 336 g/mol. The molecule has 1 aromatic carbocycles. The SMILES string of the molecule is CCc1c(C(=O)NCC(N)(CC)CC)cnn1Cc1ccccc1.Cl. The number of carbonyl (C=O) groups excluding carboxylic acids is 1. The number of amides is 1. The molecule has 0 fully saturated rings. The average molecular weight is 365 g/mol. The Balaban J connectivity index is 0.00000312. The second kappa shape index (κ2) is 9.59. The Hall–Kier alpha value is -1.85. The van der Waals surface area contributed by atoms with Crippen LogP contribution in [0, 0.1) is 0 Å². The summed E-state index contributed by atoms with van der Waals surface area (Å²) in [6.07, 6.45) is 4.08. The first-order chi connectivity index (χ1) is 11.5. The molecule has 138 valence electrons. The summed E-state index contributed by atoms with van der Waals surface area (Å²) in [5.41, 5.74) is 8.68. The standard InChI is InChI=1S/C19H28N4O.ClH/c1-4-17-16(18(24)21-14-19(20,5-2)6-3)12-22-23(17)13-15-10-8-7-9-11-15;/h7-12H,4-6,13-14,20H2,1-3H3,(H,21,24);1H. The quantitative estimate of drug-likeness (QED) is 0.755. The Morgan fingerprint density at radius 1 is 1.20 bits per heavy atom. The number of aromatic nitrogens is 2. The number of benzene rings is 1. The summed E-state index contributed by atoms with van der Waals surface area (Å²) in [5.74, 6) is -0.0945.